The van der Waals surface area contributed by atoms with Crippen LogP contribution in [0.25, 0.3) is 0 Å². The molecule has 2 aliphatic carbocycles. The van der Waals surface area contributed by atoms with Crippen molar-refractivity contribution in [3.8, 4) is 0 Å². The number of fused-ring (bicyclic) bond motifs is 2. The molecule has 0 radical (unpaired) electrons. The summed E-state index contributed by atoms with van der Waals surface area (Å²) in [6.45, 7) is 5.47. The van der Waals surface area contributed by atoms with E-state index >= 15 is 0 Å². The van der Waals surface area contributed by atoms with Crippen LogP contribution in [-0.2, 0) is 4.79 Å². The van der Waals surface area contributed by atoms with E-state index in [0.717, 1.165) is 31.3 Å². The summed E-state index contributed by atoms with van der Waals surface area (Å²) in [4.78, 5) is 27.4. The van der Waals surface area contributed by atoms with Gasteiger partial charge in [-0.2, -0.15) is 0 Å². The summed E-state index contributed by atoms with van der Waals surface area (Å²) >= 11 is 0. The lowest BCUT2D eigenvalue weighted by Crippen LogP contribution is -2.46. The van der Waals surface area contributed by atoms with E-state index in [1.54, 1.807) is 4.90 Å². The Labute approximate surface area is 138 Å². The summed E-state index contributed by atoms with van der Waals surface area (Å²) in [6, 6.07) is -0.0758. The average molecular weight is 322 g/mol. The zero-order valence-electron chi connectivity index (χ0n) is 14.2. The van der Waals surface area contributed by atoms with E-state index in [0.29, 0.717) is 25.6 Å². The molecule has 3 rings (SSSR count). The molecule has 2 saturated carbocycles. The number of nitrogens with two attached hydrogens (primary N) is 1. The third-order valence-corrected chi connectivity index (χ3v) is 6.09. The minimum Gasteiger partial charge on any atom is -0.352 e. The molecular formula is C17H30N4O2. The zero-order valence-corrected chi connectivity index (χ0v) is 14.2. The lowest BCUT2D eigenvalue weighted by atomic mass is 9.84. The van der Waals surface area contributed by atoms with Gasteiger partial charge in [-0.1, -0.05) is 6.42 Å². The largest absolute Gasteiger partial charge is 0.352 e. The van der Waals surface area contributed by atoms with E-state index in [-0.39, 0.29) is 18.0 Å². The summed E-state index contributed by atoms with van der Waals surface area (Å²) in [6.07, 6.45) is 6.29. The highest BCUT2D eigenvalue weighted by Crippen LogP contribution is 2.49. The molecule has 1 saturated heterocycles. The fourth-order valence-electron chi connectivity index (χ4n) is 4.87. The topological polar surface area (TPSA) is 78.7 Å². The van der Waals surface area contributed by atoms with Gasteiger partial charge in [0, 0.05) is 32.2 Å². The first-order chi connectivity index (χ1) is 11.0. The highest BCUT2D eigenvalue weighted by Gasteiger charge is 2.42. The third kappa shape index (κ3) is 3.97. The maximum Gasteiger partial charge on any atom is 0.314 e. The van der Waals surface area contributed by atoms with Crippen LogP contribution in [0.4, 0.5) is 4.79 Å². The van der Waals surface area contributed by atoms with Crippen LogP contribution in [0.15, 0.2) is 0 Å². The van der Waals surface area contributed by atoms with Crippen molar-refractivity contribution in [2.45, 2.75) is 45.1 Å². The summed E-state index contributed by atoms with van der Waals surface area (Å²) in [7, 11) is 0. The van der Waals surface area contributed by atoms with E-state index in [1.807, 2.05) is 0 Å². The molecule has 4 unspecified atom stereocenters. The molecule has 4 atom stereocenters. The molecule has 23 heavy (non-hydrogen) atoms. The predicted molar refractivity (Wildman–Crippen MR) is 88.8 cm³/mol. The molecule has 3 aliphatic rings. The molecule has 1 aliphatic heterocycles. The van der Waals surface area contributed by atoms with Gasteiger partial charge in [-0.05, 0) is 50.4 Å². The maximum absolute atomic E-state index is 12.4. The number of rotatable bonds is 4. The fraction of sp³-hybridized carbons (Fsp3) is 0.882. The number of hydrogen-bond donors (Lipinski definition) is 2. The Hall–Kier alpha value is -1.30. The van der Waals surface area contributed by atoms with Crippen molar-refractivity contribution in [2.75, 3.05) is 32.7 Å². The second-order valence-electron chi connectivity index (χ2n) is 7.65. The van der Waals surface area contributed by atoms with Crippen molar-refractivity contribution < 1.29 is 9.59 Å². The lowest BCUT2D eigenvalue weighted by molar-refractivity contribution is -0.123. The van der Waals surface area contributed by atoms with Gasteiger partial charge < -0.3 is 16.0 Å². The molecule has 3 N–H and O–H groups in total. The Balaban J connectivity index is 1.43. The molecule has 6 heteroatoms. The molecule has 0 aromatic carbocycles. The van der Waals surface area contributed by atoms with Crippen molar-refractivity contribution in [3.05, 3.63) is 0 Å². The van der Waals surface area contributed by atoms with Crippen LogP contribution >= 0.6 is 0 Å². The van der Waals surface area contributed by atoms with Gasteiger partial charge in [-0.25, -0.2) is 4.79 Å². The number of nitrogens with zero attached hydrogens (tertiary/aromatic N) is 2. The standard InChI is InChI=1S/C17H30N4O2/c1-12(15-10-13-3-4-14(15)9-13)19-16(22)11-20-5-2-6-21(8-7-20)17(18)23/h12-15H,2-11H2,1H3,(H2,18,23)(H,19,22). The van der Waals surface area contributed by atoms with Crippen LogP contribution in [0.1, 0.15) is 39.0 Å². The smallest absolute Gasteiger partial charge is 0.314 e. The van der Waals surface area contributed by atoms with Gasteiger partial charge in [0.15, 0.2) is 0 Å². The molecule has 0 aromatic rings. The summed E-state index contributed by atoms with van der Waals surface area (Å²) < 4.78 is 0. The Morgan fingerprint density at radius 2 is 2.00 bits per heavy atom. The number of urea groups is 1. The van der Waals surface area contributed by atoms with E-state index in [9.17, 15) is 9.59 Å². The van der Waals surface area contributed by atoms with Gasteiger partial charge in [0.25, 0.3) is 0 Å². The first-order valence-corrected chi connectivity index (χ1v) is 9.09. The molecule has 0 aromatic heterocycles. The van der Waals surface area contributed by atoms with Crippen molar-refractivity contribution >= 4 is 11.9 Å². The molecule has 3 amide bonds. The summed E-state index contributed by atoms with van der Waals surface area (Å²) in [5.41, 5.74) is 5.34. The number of carbonyl (C=O) groups excluding carboxylic acids is 2. The van der Waals surface area contributed by atoms with Crippen LogP contribution in [0.3, 0.4) is 0 Å². The van der Waals surface area contributed by atoms with Crippen LogP contribution in [-0.4, -0.2) is 60.5 Å². The molecule has 2 bridgehead atoms. The molecular weight excluding hydrogens is 292 g/mol. The van der Waals surface area contributed by atoms with Crippen molar-refractivity contribution in [3.63, 3.8) is 0 Å². The monoisotopic (exact) mass is 322 g/mol. The van der Waals surface area contributed by atoms with E-state index < -0.39 is 0 Å². The molecule has 1 heterocycles. The normalized spacial score (nSPS) is 32.6. The van der Waals surface area contributed by atoms with Gasteiger partial charge in [0.1, 0.15) is 0 Å². The Morgan fingerprint density at radius 3 is 2.65 bits per heavy atom. The Bertz CT molecular complexity index is 456. The first kappa shape index (κ1) is 16.6. The first-order valence-electron chi connectivity index (χ1n) is 9.09. The van der Waals surface area contributed by atoms with Crippen LogP contribution < -0.4 is 11.1 Å². The van der Waals surface area contributed by atoms with Crippen molar-refractivity contribution in [1.82, 2.24) is 15.1 Å². The second kappa shape index (κ2) is 7.07. The average Bonchev–Trinajstić information content (AvgIpc) is 3.05. The summed E-state index contributed by atoms with van der Waals surface area (Å²) in [5, 5.41) is 3.22. The SMILES string of the molecule is CC(NC(=O)CN1CCCN(C(N)=O)CC1)C1CC2CCC1C2. The van der Waals surface area contributed by atoms with Gasteiger partial charge >= 0.3 is 6.03 Å². The van der Waals surface area contributed by atoms with Gasteiger partial charge in [-0.15, -0.1) is 0 Å². The van der Waals surface area contributed by atoms with Crippen molar-refractivity contribution in [2.24, 2.45) is 23.5 Å². The van der Waals surface area contributed by atoms with Gasteiger partial charge in [0.2, 0.25) is 5.91 Å². The minimum atomic E-state index is -0.360. The molecule has 130 valence electrons. The molecule has 6 nitrogen and oxygen atoms in total. The minimum absolute atomic E-state index is 0.118. The zero-order chi connectivity index (χ0) is 16.4. The number of nitrogens with one attached hydrogen (secondary N) is 1. The molecule has 0 spiro atoms. The number of carbonyl (C=O) groups is 2. The summed E-state index contributed by atoms with van der Waals surface area (Å²) in [5.74, 6) is 2.53. The highest BCUT2D eigenvalue weighted by atomic mass is 16.2. The lowest BCUT2D eigenvalue weighted by Gasteiger charge is -2.29. The van der Waals surface area contributed by atoms with Gasteiger partial charge in [0.05, 0.1) is 6.54 Å². The van der Waals surface area contributed by atoms with Crippen LogP contribution in [0, 0.1) is 17.8 Å². The van der Waals surface area contributed by atoms with Crippen LogP contribution in [0.5, 0.6) is 0 Å². The van der Waals surface area contributed by atoms with Crippen LogP contribution in [0.2, 0.25) is 0 Å². The fourth-order valence-corrected chi connectivity index (χ4v) is 4.87. The van der Waals surface area contributed by atoms with E-state index in [4.69, 9.17) is 5.73 Å². The van der Waals surface area contributed by atoms with Gasteiger partial charge in [-0.3, -0.25) is 9.69 Å². The number of hydrogen-bond acceptors (Lipinski definition) is 3. The quantitative estimate of drug-likeness (QED) is 0.811. The molecule has 3 fully saturated rings. The van der Waals surface area contributed by atoms with Crippen molar-refractivity contribution in [1.29, 1.82) is 0 Å². The maximum atomic E-state index is 12.4. The third-order valence-electron chi connectivity index (χ3n) is 6.09. The van der Waals surface area contributed by atoms with E-state index in [1.165, 1.54) is 25.7 Å². The number of primary amides is 1. The Kier molecular flexibility index (Phi) is 5.09. The number of amides is 3. The second-order valence-corrected chi connectivity index (χ2v) is 7.65. The highest BCUT2D eigenvalue weighted by molar-refractivity contribution is 5.78. The predicted octanol–water partition coefficient (Wildman–Crippen LogP) is 1.01. The van der Waals surface area contributed by atoms with E-state index in [2.05, 4.69) is 17.1 Å². The Morgan fingerprint density at radius 1 is 1.17 bits per heavy atom.